The summed E-state index contributed by atoms with van der Waals surface area (Å²) in [5.74, 6) is 0.938. The lowest BCUT2D eigenvalue weighted by Gasteiger charge is -2.29. The van der Waals surface area contributed by atoms with Crippen molar-refractivity contribution in [3.8, 4) is 0 Å². The highest BCUT2D eigenvalue weighted by Gasteiger charge is 2.24. The first kappa shape index (κ1) is 20.2. The zero-order valence-electron chi connectivity index (χ0n) is 14.7. The van der Waals surface area contributed by atoms with Gasteiger partial charge >= 0.3 is 0 Å². The van der Waals surface area contributed by atoms with E-state index in [0.717, 1.165) is 24.7 Å². The molecule has 0 amide bonds. The van der Waals surface area contributed by atoms with Crippen LogP contribution in [-0.4, -0.2) is 60.5 Å². The van der Waals surface area contributed by atoms with Crippen molar-refractivity contribution in [2.24, 2.45) is 4.99 Å². The lowest BCUT2D eigenvalue weighted by molar-refractivity contribution is 0.232. The van der Waals surface area contributed by atoms with Crippen molar-refractivity contribution in [1.82, 2.24) is 20.1 Å². The van der Waals surface area contributed by atoms with E-state index in [-0.39, 0.29) is 24.0 Å². The lowest BCUT2D eigenvalue weighted by Crippen LogP contribution is -2.45. The van der Waals surface area contributed by atoms with Crippen molar-refractivity contribution in [3.63, 3.8) is 0 Å². The molecule has 1 aromatic heterocycles. The standard InChI is InChI=1S/C17H29N5.HI/c1-5-22-11-7-9-15(22)13-21(4)17(18-3)20-12-16-14(2)8-6-10-19-16;/h6,8,10,15H,5,7,9,11-13H2,1-4H3,(H,18,20);1H. The van der Waals surface area contributed by atoms with Crippen molar-refractivity contribution < 1.29 is 0 Å². The Bertz CT molecular complexity index is 506. The fourth-order valence-corrected chi connectivity index (χ4v) is 3.17. The Hall–Kier alpha value is -0.890. The molecule has 0 aliphatic carbocycles. The van der Waals surface area contributed by atoms with Gasteiger partial charge in [0.25, 0.3) is 0 Å². The Balaban J connectivity index is 0.00000264. The van der Waals surface area contributed by atoms with Crippen LogP contribution in [0.1, 0.15) is 31.0 Å². The van der Waals surface area contributed by atoms with Crippen LogP contribution in [0.4, 0.5) is 0 Å². The molecule has 1 aliphatic heterocycles. The van der Waals surface area contributed by atoms with Crippen LogP contribution in [0.3, 0.4) is 0 Å². The van der Waals surface area contributed by atoms with E-state index in [1.54, 1.807) is 0 Å². The van der Waals surface area contributed by atoms with E-state index in [4.69, 9.17) is 0 Å². The fraction of sp³-hybridized carbons (Fsp3) is 0.647. The predicted octanol–water partition coefficient (Wildman–Crippen LogP) is 2.50. The van der Waals surface area contributed by atoms with Gasteiger partial charge in [0.15, 0.2) is 5.96 Å². The molecule has 0 bridgehead atoms. The number of rotatable bonds is 5. The highest BCUT2D eigenvalue weighted by Crippen LogP contribution is 2.17. The molecule has 1 N–H and O–H groups in total. The minimum atomic E-state index is 0. The number of aryl methyl sites for hydroxylation is 1. The summed E-state index contributed by atoms with van der Waals surface area (Å²) in [6, 6.07) is 4.71. The second kappa shape index (κ2) is 10.1. The summed E-state index contributed by atoms with van der Waals surface area (Å²) in [6.45, 7) is 8.44. The van der Waals surface area contributed by atoms with Crippen LogP contribution in [0, 0.1) is 6.92 Å². The predicted molar refractivity (Wildman–Crippen MR) is 107 cm³/mol. The largest absolute Gasteiger partial charge is 0.351 e. The first-order chi connectivity index (χ1) is 10.7. The molecule has 23 heavy (non-hydrogen) atoms. The summed E-state index contributed by atoms with van der Waals surface area (Å²) in [5, 5.41) is 3.43. The molecule has 5 nitrogen and oxygen atoms in total. The van der Waals surface area contributed by atoms with Gasteiger partial charge in [-0.25, -0.2) is 0 Å². The number of hydrogen-bond donors (Lipinski definition) is 1. The van der Waals surface area contributed by atoms with Gasteiger partial charge in [0.1, 0.15) is 0 Å². The number of nitrogens with one attached hydrogen (secondary N) is 1. The number of aliphatic imine (C=N–C) groups is 1. The molecule has 0 aromatic carbocycles. The normalized spacial score (nSPS) is 18.6. The molecule has 1 saturated heterocycles. The minimum Gasteiger partial charge on any atom is -0.351 e. The Kier molecular flexibility index (Phi) is 8.83. The van der Waals surface area contributed by atoms with Crippen LogP contribution in [0.25, 0.3) is 0 Å². The number of aromatic nitrogens is 1. The molecular weight excluding hydrogens is 401 g/mol. The molecule has 2 heterocycles. The molecule has 0 saturated carbocycles. The van der Waals surface area contributed by atoms with E-state index >= 15 is 0 Å². The Morgan fingerprint density at radius 3 is 2.96 bits per heavy atom. The number of guanidine groups is 1. The molecule has 1 aromatic rings. The first-order valence-electron chi connectivity index (χ1n) is 8.22. The second-order valence-electron chi connectivity index (χ2n) is 5.97. The van der Waals surface area contributed by atoms with Crippen LogP contribution in [0.5, 0.6) is 0 Å². The Labute approximate surface area is 157 Å². The highest BCUT2D eigenvalue weighted by molar-refractivity contribution is 14.0. The summed E-state index contributed by atoms with van der Waals surface area (Å²) in [6.07, 6.45) is 4.44. The average Bonchev–Trinajstić information content (AvgIpc) is 2.96. The number of likely N-dealkylation sites (N-methyl/N-ethyl adjacent to an activating group) is 2. The van der Waals surface area contributed by atoms with E-state index in [0.29, 0.717) is 12.6 Å². The van der Waals surface area contributed by atoms with Gasteiger partial charge in [-0.05, 0) is 44.5 Å². The van der Waals surface area contributed by atoms with Gasteiger partial charge in [-0.2, -0.15) is 0 Å². The number of pyridine rings is 1. The van der Waals surface area contributed by atoms with Gasteiger partial charge in [-0.15, -0.1) is 24.0 Å². The molecule has 1 atom stereocenters. The average molecular weight is 431 g/mol. The van der Waals surface area contributed by atoms with Gasteiger partial charge in [0.2, 0.25) is 0 Å². The van der Waals surface area contributed by atoms with E-state index in [1.807, 2.05) is 19.3 Å². The molecule has 1 aliphatic rings. The molecule has 0 spiro atoms. The second-order valence-corrected chi connectivity index (χ2v) is 5.97. The maximum absolute atomic E-state index is 4.43. The molecule has 1 fully saturated rings. The van der Waals surface area contributed by atoms with Crippen LogP contribution in [0.15, 0.2) is 23.3 Å². The number of nitrogens with zero attached hydrogens (tertiary/aromatic N) is 4. The number of hydrogen-bond acceptors (Lipinski definition) is 3. The van der Waals surface area contributed by atoms with E-state index in [1.165, 1.54) is 24.9 Å². The van der Waals surface area contributed by atoms with Crippen LogP contribution in [-0.2, 0) is 6.54 Å². The summed E-state index contributed by atoms with van der Waals surface area (Å²) in [4.78, 5) is 13.6. The lowest BCUT2D eigenvalue weighted by atomic mass is 10.2. The Morgan fingerprint density at radius 1 is 1.52 bits per heavy atom. The zero-order chi connectivity index (χ0) is 15.9. The van der Waals surface area contributed by atoms with Crippen molar-refractivity contribution in [1.29, 1.82) is 0 Å². The third-order valence-corrected chi connectivity index (χ3v) is 4.50. The summed E-state index contributed by atoms with van der Waals surface area (Å²) >= 11 is 0. The molecule has 2 rings (SSSR count). The fourth-order valence-electron chi connectivity index (χ4n) is 3.17. The van der Waals surface area contributed by atoms with Gasteiger partial charge in [-0.3, -0.25) is 14.9 Å². The summed E-state index contributed by atoms with van der Waals surface area (Å²) in [5.41, 5.74) is 2.29. The SMILES string of the molecule is CCN1CCCC1CN(C)C(=NC)NCc1ncccc1C.I. The number of likely N-dealkylation sites (tertiary alicyclic amines) is 1. The van der Waals surface area contributed by atoms with Crippen molar-refractivity contribution in [3.05, 3.63) is 29.6 Å². The highest BCUT2D eigenvalue weighted by atomic mass is 127. The van der Waals surface area contributed by atoms with Gasteiger partial charge in [0.05, 0.1) is 12.2 Å². The van der Waals surface area contributed by atoms with Gasteiger partial charge in [-0.1, -0.05) is 13.0 Å². The monoisotopic (exact) mass is 431 g/mol. The molecular formula is C17H30IN5. The van der Waals surface area contributed by atoms with Crippen LogP contribution >= 0.6 is 24.0 Å². The van der Waals surface area contributed by atoms with Gasteiger partial charge in [0, 0.05) is 32.9 Å². The van der Waals surface area contributed by atoms with Crippen molar-refractivity contribution in [2.75, 3.05) is 33.7 Å². The molecule has 1 unspecified atom stereocenters. The van der Waals surface area contributed by atoms with E-state index < -0.39 is 0 Å². The van der Waals surface area contributed by atoms with Gasteiger partial charge < -0.3 is 10.2 Å². The quantitative estimate of drug-likeness (QED) is 0.442. The maximum atomic E-state index is 4.43. The molecule has 130 valence electrons. The summed E-state index contributed by atoms with van der Waals surface area (Å²) < 4.78 is 0. The van der Waals surface area contributed by atoms with Crippen molar-refractivity contribution in [2.45, 2.75) is 39.3 Å². The minimum absolute atomic E-state index is 0. The zero-order valence-corrected chi connectivity index (χ0v) is 17.1. The topological polar surface area (TPSA) is 43.8 Å². The van der Waals surface area contributed by atoms with Crippen LogP contribution < -0.4 is 5.32 Å². The molecule has 0 radical (unpaired) electrons. The first-order valence-corrected chi connectivity index (χ1v) is 8.22. The van der Waals surface area contributed by atoms with E-state index in [9.17, 15) is 0 Å². The van der Waals surface area contributed by atoms with Crippen LogP contribution in [0.2, 0.25) is 0 Å². The molecule has 6 heteroatoms. The maximum Gasteiger partial charge on any atom is 0.193 e. The van der Waals surface area contributed by atoms with Crippen molar-refractivity contribution >= 4 is 29.9 Å². The third-order valence-electron chi connectivity index (χ3n) is 4.50. The Morgan fingerprint density at radius 2 is 2.30 bits per heavy atom. The number of halogens is 1. The third kappa shape index (κ3) is 5.60. The van der Waals surface area contributed by atoms with E-state index in [2.05, 4.69) is 52.1 Å². The smallest absolute Gasteiger partial charge is 0.193 e. The summed E-state index contributed by atoms with van der Waals surface area (Å²) in [7, 11) is 3.96.